The Morgan fingerprint density at radius 3 is 2.04 bits per heavy atom. The summed E-state index contributed by atoms with van der Waals surface area (Å²) in [5, 5.41) is 2.31. The van der Waals surface area contributed by atoms with Crippen LogP contribution in [0.15, 0.2) is 66.9 Å². The monoisotopic (exact) mass is 312 g/mol. The molecule has 0 atom stereocenters. The number of fused-ring (bicyclic) bond motifs is 2. The van der Waals surface area contributed by atoms with E-state index in [0.717, 1.165) is 33.9 Å². The number of nitrogens with zero attached hydrogens (tertiary/aromatic N) is 2. The van der Waals surface area contributed by atoms with E-state index in [1.807, 2.05) is 18.3 Å². The molecule has 0 spiro atoms. The minimum atomic E-state index is 1.02. The van der Waals surface area contributed by atoms with E-state index in [1.54, 1.807) is 0 Å². The summed E-state index contributed by atoms with van der Waals surface area (Å²) < 4.78 is 0. The summed E-state index contributed by atoms with van der Waals surface area (Å²) in [6.45, 7) is 2.22. The highest BCUT2D eigenvalue weighted by Gasteiger charge is 2.11. The molecule has 24 heavy (non-hydrogen) atoms. The molecule has 2 nitrogen and oxygen atoms in total. The quantitative estimate of drug-likeness (QED) is 0.445. The molecular weight excluding hydrogens is 292 g/mol. The molecule has 4 rings (SSSR count). The molecule has 0 aliphatic carbocycles. The van der Waals surface area contributed by atoms with Gasteiger partial charge in [-0.3, -0.25) is 4.98 Å². The standard InChI is InChI=1S/C22H20N2/c1-2-3-8-16-13-14-21(23-15-16)22-17-9-4-6-11-19(17)24-20-12-7-5-10-18(20)22/h4-7,9-15H,2-3,8H2,1H3. The van der Waals surface area contributed by atoms with Crippen molar-refractivity contribution >= 4 is 21.8 Å². The molecule has 0 saturated heterocycles. The van der Waals surface area contributed by atoms with Gasteiger partial charge in [-0.1, -0.05) is 55.8 Å². The molecule has 0 saturated carbocycles. The average Bonchev–Trinajstić information content (AvgIpc) is 2.65. The van der Waals surface area contributed by atoms with Gasteiger partial charge in [-0.2, -0.15) is 0 Å². The van der Waals surface area contributed by atoms with Crippen LogP contribution >= 0.6 is 0 Å². The summed E-state index contributed by atoms with van der Waals surface area (Å²) in [5.74, 6) is 0. The van der Waals surface area contributed by atoms with Crippen LogP contribution in [0.3, 0.4) is 0 Å². The van der Waals surface area contributed by atoms with Gasteiger partial charge in [0.2, 0.25) is 0 Å². The number of aryl methyl sites for hydroxylation is 1. The first kappa shape index (κ1) is 14.8. The Labute approximate surface area is 142 Å². The van der Waals surface area contributed by atoms with E-state index in [-0.39, 0.29) is 0 Å². The van der Waals surface area contributed by atoms with Crippen molar-refractivity contribution < 1.29 is 0 Å². The summed E-state index contributed by atoms with van der Waals surface area (Å²) in [5.41, 5.74) is 5.54. The van der Waals surface area contributed by atoms with E-state index >= 15 is 0 Å². The van der Waals surface area contributed by atoms with Crippen molar-refractivity contribution in [3.05, 3.63) is 72.4 Å². The largest absolute Gasteiger partial charge is 0.256 e. The molecule has 118 valence electrons. The fraction of sp³-hybridized carbons (Fsp3) is 0.182. The zero-order valence-corrected chi connectivity index (χ0v) is 13.9. The average molecular weight is 312 g/mol. The lowest BCUT2D eigenvalue weighted by Crippen LogP contribution is -1.92. The molecule has 2 aromatic carbocycles. The molecule has 0 N–H and O–H groups in total. The maximum Gasteiger partial charge on any atom is 0.0716 e. The fourth-order valence-electron chi connectivity index (χ4n) is 3.22. The van der Waals surface area contributed by atoms with E-state index in [9.17, 15) is 0 Å². The van der Waals surface area contributed by atoms with Crippen molar-refractivity contribution in [1.29, 1.82) is 0 Å². The molecule has 0 unspecified atom stereocenters. The summed E-state index contributed by atoms with van der Waals surface area (Å²) in [4.78, 5) is 9.57. The van der Waals surface area contributed by atoms with Crippen LogP contribution in [0.4, 0.5) is 0 Å². The second kappa shape index (κ2) is 6.40. The first-order valence-electron chi connectivity index (χ1n) is 8.59. The third-order valence-electron chi connectivity index (χ3n) is 4.49. The molecule has 0 aliphatic heterocycles. The van der Waals surface area contributed by atoms with E-state index in [4.69, 9.17) is 9.97 Å². The zero-order chi connectivity index (χ0) is 16.4. The van der Waals surface area contributed by atoms with Gasteiger partial charge in [0.15, 0.2) is 0 Å². The summed E-state index contributed by atoms with van der Waals surface area (Å²) in [6, 6.07) is 21.0. The minimum absolute atomic E-state index is 1.02. The highest BCUT2D eigenvalue weighted by molar-refractivity contribution is 6.08. The number of para-hydroxylation sites is 2. The Balaban J connectivity index is 1.93. The second-order valence-corrected chi connectivity index (χ2v) is 6.18. The minimum Gasteiger partial charge on any atom is -0.256 e. The highest BCUT2D eigenvalue weighted by atomic mass is 14.7. The van der Waals surface area contributed by atoms with Gasteiger partial charge >= 0.3 is 0 Å². The van der Waals surface area contributed by atoms with Crippen molar-refractivity contribution in [3.8, 4) is 11.3 Å². The maximum absolute atomic E-state index is 4.79. The number of hydrogen-bond donors (Lipinski definition) is 0. The van der Waals surface area contributed by atoms with Crippen molar-refractivity contribution in [2.45, 2.75) is 26.2 Å². The lowest BCUT2D eigenvalue weighted by atomic mass is 9.99. The zero-order valence-electron chi connectivity index (χ0n) is 13.9. The van der Waals surface area contributed by atoms with Gasteiger partial charge < -0.3 is 0 Å². The summed E-state index contributed by atoms with van der Waals surface area (Å²) in [6.07, 6.45) is 5.54. The SMILES string of the molecule is CCCCc1ccc(-c2c3ccccc3nc3ccccc23)nc1. The van der Waals surface area contributed by atoms with Crippen LogP contribution < -0.4 is 0 Å². The number of aromatic nitrogens is 2. The lowest BCUT2D eigenvalue weighted by Gasteiger charge is -2.11. The van der Waals surface area contributed by atoms with Crippen LogP contribution in [0.5, 0.6) is 0 Å². The molecule has 0 fully saturated rings. The van der Waals surface area contributed by atoms with Crippen LogP contribution in [0.2, 0.25) is 0 Å². The normalized spacial score (nSPS) is 11.2. The van der Waals surface area contributed by atoms with Crippen LogP contribution in [-0.2, 0) is 6.42 Å². The Morgan fingerprint density at radius 1 is 0.792 bits per heavy atom. The smallest absolute Gasteiger partial charge is 0.0716 e. The fourth-order valence-corrected chi connectivity index (χ4v) is 3.22. The van der Waals surface area contributed by atoms with Gasteiger partial charge in [-0.05, 0) is 36.6 Å². The van der Waals surface area contributed by atoms with Crippen molar-refractivity contribution in [2.75, 3.05) is 0 Å². The third kappa shape index (κ3) is 2.65. The third-order valence-corrected chi connectivity index (χ3v) is 4.49. The summed E-state index contributed by atoms with van der Waals surface area (Å²) in [7, 11) is 0. The van der Waals surface area contributed by atoms with Crippen molar-refractivity contribution in [2.24, 2.45) is 0 Å². The number of pyridine rings is 2. The Morgan fingerprint density at radius 2 is 1.46 bits per heavy atom. The lowest BCUT2D eigenvalue weighted by molar-refractivity contribution is 0.792. The Hall–Kier alpha value is -2.74. The molecule has 2 heterocycles. The molecular formula is C22H20N2. The summed E-state index contributed by atoms with van der Waals surface area (Å²) >= 11 is 0. The molecule has 0 radical (unpaired) electrons. The highest BCUT2D eigenvalue weighted by Crippen LogP contribution is 2.33. The van der Waals surface area contributed by atoms with Crippen molar-refractivity contribution in [1.82, 2.24) is 9.97 Å². The van der Waals surface area contributed by atoms with Gasteiger partial charge in [0.1, 0.15) is 0 Å². The van der Waals surface area contributed by atoms with Gasteiger partial charge in [-0.25, -0.2) is 4.98 Å². The van der Waals surface area contributed by atoms with Gasteiger partial charge in [-0.15, -0.1) is 0 Å². The predicted octanol–water partition coefficient (Wildman–Crippen LogP) is 5.79. The molecule has 4 aromatic rings. The maximum atomic E-state index is 4.79. The Bertz CT molecular complexity index is 934. The first-order valence-corrected chi connectivity index (χ1v) is 8.59. The molecule has 0 aliphatic rings. The topological polar surface area (TPSA) is 25.8 Å². The molecule has 2 aromatic heterocycles. The first-order chi connectivity index (χ1) is 11.9. The van der Waals surface area contributed by atoms with Crippen LogP contribution in [0, 0.1) is 0 Å². The number of unbranched alkanes of at least 4 members (excludes halogenated alkanes) is 1. The number of benzene rings is 2. The van der Waals surface area contributed by atoms with Crippen molar-refractivity contribution in [3.63, 3.8) is 0 Å². The Kier molecular flexibility index (Phi) is 3.96. The second-order valence-electron chi connectivity index (χ2n) is 6.18. The van der Waals surface area contributed by atoms with Crippen LogP contribution in [0.25, 0.3) is 33.1 Å². The molecule has 0 bridgehead atoms. The van der Waals surface area contributed by atoms with E-state index in [2.05, 4.69) is 55.5 Å². The molecule has 0 amide bonds. The van der Waals surface area contributed by atoms with Gasteiger partial charge in [0.05, 0.1) is 16.7 Å². The molecule has 2 heteroatoms. The van der Waals surface area contributed by atoms with Gasteiger partial charge in [0.25, 0.3) is 0 Å². The van der Waals surface area contributed by atoms with E-state index in [1.165, 1.54) is 24.0 Å². The van der Waals surface area contributed by atoms with E-state index < -0.39 is 0 Å². The van der Waals surface area contributed by atoms with Crippen LogP contribution in [0.1, 0.15) is 25.3 Å². The predicted molar refractivity (Wildman–Crippen MR) is 101 cm³/mol. The van der Waals surface area contributed by atoms with E-state index in [0.29, 0.717) is 0 Å². The van der Waals surface area contributed by atoms with Gasteiger partial charge in [0, 0.05) is 22.5 Å². The van der Waals surface area contributed by atoms with Crippen LogP contribution in [-0.4, -0.2) is 9.97 Å². The number of rotatable bonds is 4. The number of hydrogen-bond acceptors (Lipinski definition) is 2.